The van der Waals surface area contributed by atoms with E-state index in [-0.39, 0.29) is 29.6 Å². The van der Waals surface area contributed by atoms with Crippen molar-refractivity contribution in [2.45, 2.75) is 37.4 Å². The Balaban J connectivity index is 1.46. The van der Waals surface area contributed by atoms with Gasteiger partial charge in [0.1, 0.15) is 12.1 Å². The van der Waals surface area contributed by atoms with Crippen LogP contribution in [0.4, 0.5) is 5.82 Å². The molecule has 0 bridgehead atoms. The highest BCUT2D eigenvalue weighted by Crippen LogP contribution is 2.33. The maximum atomic E-state index is 12.7. The molecule has 8 nitrogen and oxygen atoms in total. The standard InChI is InChI=1S/C18H21N5O3/c24-17-4-1-12(9-23(17)13-2-3-13)18(25)22-14-6-8-26-10-15(14)21-16-5-7-19-11-20-16/h1,4-5,7,9,11,13-15H,2-3,6,8,10H2,(H,22,25)(H,19,20,21)/t14-,15+/m0/s1. The molecule has 3 heterocycles. The summed E-state index contributed by atoms with van der Waals surface area (Å²) in [5.41, 5.74) is 0.446. The molecule has 26 heavy (non-hydrogen) atoms. The molecule has 0 radical (unpaired) electrons. The molecule has 1 saturated heterocycles. The highest BCUT2D eigenvalue weighted by molar-refractivity contribution is 5.94. The van der Waals surface area contributed by atoms with Gasteiger partial charge in [0.15, 0.2) is 0 Å². The van der Waals surface area contributed by atoms with Crippen molar-refractivity contribution in [1.29, 1.82) is 0 Å². The van der Waals surface area contributed by atoms with Crippen molar-refractivity contribution in [3.63, 3.8) is 0 Å². The van der Waals surface area contributed by atoms with E-state index in [1.165, 1.54) is 12.4 Å². The van der Waals surface area contributed by atoms with Crippen molar-refractivity contribution >= 4 is 11.7 Å². The normalized spacial score (nSPS) is 22.6. The predicted molar refractivity (Wildman–Crippen MR) is 95.1 cm³/mol. The van der Waals surface area contributed by atoms with Crippen LogP contribution in [-0.4, -0.2) is 45.7 Å². The molecule has 8 heteroatoms. The van der Waals surface area contributed by atoms with Gasteiger partial charge in [0.25, 0.3) is 11.5 Å². The van der Waals surface area contributed by atoms with Gasteiger partial charge in [-0.05, 0) is 31.4 Å². The van der Waals surface area contributed by atoms with Crippen LogP contribution in [0.3, 0.4) is 0 Å². The number of carbonyl (C=O) groups excluding carboxylic acids is 1. The molecule has 2 N–H and O–H groups in total. The zero-order chi connectivity index (χ0) is 17.9. The minimum atomic E-state index is -0.180. The van der Waals surface area contributed by atoms with Crippen LogP contribution in [0.25, 0.3) is 0 Å². The zero-order valence-electron chi connectivity index (χ0n) is 14.3. The van der Waals surface area contributed by atoms with E-state index in [1.54, 1.807) is 29.1 Å². The Labute approximate surface area is 150 Å². The van der Waals surface area contributed by atoms with Gasteiger partial charge in [-0.3, -0.25) is 9.59 Å². The Morgan fingerprint density at radius 1 is 1.19 bits per heavy atom. The smallest absolute Gasteiger partial charge is 0.253 e. The molecule has 1 aliphatic heterocycles. The first-order valence-electron chi connectivity index (χ1n) is 8.84. The number of nitrogens with zero attached hydrogens (tertiary/aromatic N) is 3. The van der Waals surface area contributed by atoms with Crippen molar-refractivity contribution < 1.29 is 9.53 Å². The van der Waals surface area contributed by atoms with E-state index in [1.807, 2.05) is 0 Å². The summed E-state index contributed by atoms with van der Waals surface area (Å²) in [5, 5.41) is 6.36. The zero-order valence-corrected chi connectivity index (χ0v) is 14.3. The molecule has 4 rings (SSSR count). The van der Waals surface area contributed by atoms with Crippen molar-refractivity contribution in [3.05, 3.63) is 52.8 Å². The van der Waals surface area contributed by atoms with Gasteiger partial charge in [0.05, 0.1) is 24.3 Å². The van der Waals surface area contributed by atoms with Gasteiger partial charge in [-0.25, -0.2) is 9.97 Å². The van der Waals surface area contributed by atoms with Crippen molar-refractivity contribution in [3.8, 4) is 0 Å². The van der Waals surface area contributed by atoms with Crippen molar-refractivity contribution in [2.75, 3.05) is 18.5 Å². The number of hydrogen-bond donors (Lipinski definition) is 2. The number of rotatable bonds is 5. The first-order chi connectivity index (χ1) is 12.7. The fourth-order valence-electron chi connectivity index (χ4n) is 3.15. The molecular weight excluding hydrogens is 334 g/mol. The molecule has 0 spiro atoms. The van der Waals surface area contributed by atoms with Crippen LogP contribution in [0.15, 0.2) is 41.7 Å². The second-order valence-corrected chi connectivity index (χ2v) is 6.68. The van der Waals surface area contributed by atoms with Crippen LogP contribution < -0.4 is 16.2 Å². The van der Waals surface area contributed by atoms with Crippen LogP contribution in [0, 0.1) is 0 Å². The Hall–Kier alpha value is -2.74. The second kappa shape index (κ2) is 7.25. The van der Waals surface area contributed by atoms with E-state index in [2.05, 4.69) is 20.6 Å². The second-order valence-electron chi connectivity index (χ2n) is 6.68. The lowest BCUT2D eigenvalue weighted by atomic mass is 10.0. The number of aromatic nitrogens is 3. The third kappa shape index (κ3) is 3.75. The maximum absolute atomic E-state index is 12.7. The summed E-state index contributed by atoms with van der Waals surface area (Å²) in [7, 11) is 0. The molecule has 2 aliphatic rings. The fraction of sp³-hybridized carbons (Fsp3) is 0.444. The molecule has 136 valence electrons. The van der Waals surface area contributed by atoms with Crippen LogP contribution in [0.1, 0.15) is 35.7 Å². The van der Waals surface area contributed by atoms with Gasteiger partial charge >= 0.3 is 0 Å². The Kier molecular flexibility index (Phi) is 4.66. The molecule has 1 amide bonds. The monoisotopic (exact) mass is 355 g/mol. The van der Waals surface area contributed by atoms with Crippen LogP contribution in [0.2, 0.25) is 0 Å². The minimum Gasteiger partial charge on any atom is -0.379 e. The highest BCUT2D eigenvalue weighted by Gasteiger charge is 2.29. The number of amides is 1. The molecule has 1 aliphatic carbocycles. The Morgan fingerprint density at radius 3 is 2.85 bits per heavy atom. The van der Waals surface area contributed by atoms with Crippen LogP contribution in [-0.2, 0) is 4.74 Å². The van der Waals surface area contributed by atoms with Gasteiger partial charge in [-0.2, -0.15) is 0 Å². The third-order valence-corrected chi connectivity index (χ3v) is 4.73. The number of hydrogen-bond acceptors (Lipinski definition) is 6. The maximum Gasteiger partial charge on any atom is 0.253 e. The first-order valence-corrected chi connectivity index (χ1v) is 8.84. The van der Waals surface area contributed by atoms with Crippen molar-refractivity contribution in [2.24, 2.45) is 0 Å². The van der Waals surface area contributed by atoms with Crippen LogP contribution >= 0.6 is 0 Å². The molecular formula is C18H21N5O3. The summed E-state index contributed by atoms with van der Waals surface area (Å²) < 4.78 is 7.21. The molecule has 2 aromatic rings. The average Bonchev–Trinajstić information content (AvgIpc) is 3.49. The number of carbonyl (C=O) groups is 1. The Bertz CT molecular complexity index is 834. The number of pyridine rings is 1. The highest BCUT2D eigenvalue weighted by atomic mass is 16.5. The van der Waals surface area contributed by atoms with E-state index >= 15 is 0 Å². The van der Waals surface area contributed by atoms with Gasteiger partial charge in [-0.15, -0.1) is 0 Å². The van der Waals surface area contributed by atoms with Crippen molar-refractivity contribution in [1.82, 2.24) is 19.9 Å². The van der Waals surface area contributed by atoms with Crippen LogP contribution in [0.5, 0.6) is 0 Å². The molecule has 2 fully saturated rings. The number of ether oxygens (including phenoxy) is 1. The van der Waals surface area contributed by atoms with E-state index in [0.29, 0.717) is 31.0 Å². The Morgan fingerprint density at radius 2 is 2.08 bits per heavy atom. The van der Waals surface area contributed by atoms with Gasteiger partial charge in [0.2, 0.25) is 0 Å². The summed E-state index contributed by atoms with van der Waals surface area (Å²) in [6.07, 6.45) is 7.50. The summed E-state index contributed by atoms with van der Waals surface area (Å²) >= 11 is 0. The van der Waals surface area contributed by atoms with Gasteiger partial charge in [0, 0.05) is 31.1 Å². The predicted octanol–water partition coefficient (Wildman–Crippen LogP) is 0.973. The lowest BCUT2D eigenvalue weighted by molar-refractivity contribution is 0.0619. The van der Waals surface area contributed by atoms with E-state index in [4.69, 9.17) is 4.74 Å². The minimum absolute atomic E-state index is 0.0570. The first kappa shape index (κ1) is 16.7. The number of nitrogens with one attached hydrogen (secondary N) is 2. The molecule has 1 saturated carbocycles. The summed E-state index contributed by atoms with van der Waals surface area (Å²) in [6.45, 7) is 1.07. The average molecular weight is 355 g/mol. The largest absolute Gasteiger partial charge is 0.379 e. The molecule has 2 aromatic heterocycles. The topological polar surface area (TPSA) is 98.1 Å². The lowest BCUT2D eigenvalue weighted by Crippen LogP contribution is -2.52. The van der Waals surface area contributed by atoms with E-state index in [9.17, 15) is 9.59 Å². The van der Waals surface area contributed by atoms with Gasteiger partial charge in [-0.1, -0.05) is 0 Å². The van der Waals surface area contributed by atoms with E-state index < -0.39 is 0 Å². The summed E-state index contributed by atoms with van der Waals surface area (Å²) in [5.74, 6) is 0.512. The lowest BCUT2D eigenvalue weighted by Gasteiger charge is -2.33. The van der Waals surface area contributed by atoms with E-state index in [0.717, 1.165) is 12.8 Å². The SMILES string of the molecule is O=C(N[C@H]1CCOC[C@H]1Nc1ccncn1)c1ccc(=O)n(C2CC2)c1. The third-order valence-electron chi connectivity index (χ3n) is 4.73. The number of anilines is 1. The molecule has 0 unspecified atom stereocenters. The fourth-order valence-corrected chi connectivity index (χ4v) is 3.15. The molecule has 2 atom stereocenters. The molecule has 0 aromatic carbocycles. The quantitative estimate of drug-likeness (QED) is 0.829. The summed E-state index contributed by atoms with van der Waals surface area (Å²) in [6, 6.07) is 4.89. The summed E-state index contributed by atoms with van der Waals surface area (Å²) in [4.78, 5) is 32.7. The van der Waals surface area contributed by atoms with Gasteiger partial charge < -0.3 is 19.9 Å².